The van der Waals surface area contributed by atoms with Crippen LogP contribution in [-0.2, 0) is 0 Å². The van der Waals surface area contributed by atoms with Gasteiger partial charge in [-0.3, -0.25) is 0 Å². The van der Waals surface area contributed by atoms with Crippen LogP contribution in [0.4, 0.5) is 26.3 Å². The van der Waals surface area contributed by atoms with Gasteiger partial charge in [0, 0.05) is 0 Å². The third kappa shape index (κ3) is 2.62. The van der Waals surface area contributed by atoms with E-state index in [1.807, 2.05) is 0 Å². The number of rotatable bonds is 3. The van der Waals surface area contributed by atoms with Crippen LogP contribution in [0.2, 0.25) is 0 Å². The summed E-state index contributed by atoms with van der Waals surface area (Å²) in [7, 11) is 0. The minimum atomic E-state index is -5.71. The number of hydrogen-bond donors (Lipinski definition) is 1. The Balaban J connectivity index is 1.89. The van der Waals surface area contributed by atoms with E-state index < -0.39 is 30.3 Å². The second-order valence-electron chi connectivity index (χ2n) is 9.41. The highest BCUT2D eigenvalue weighted by Crippen LogP contribution is 2.76. The Bertz CT molecular complexity index is 521. The molecule has 3 saturated carbocycles. The van der Waals surface area contributed by atoms with Crippen LogP contribution in [0.3, 0.4) is 0 Å². The second kappa shape index (κ2) is 5.29. The van der Waals surface area contributed by atoms with Crippen molar-refractivity contribution in [2.24, 2.45) is 46.8 Å². The zero-order chi connectivity index (χ0) is 19.2. The van der Waals surface area contributed by atoms with Gasteiger partial charge in [-0.05, 0) is 66.1 Å². The van der Waals surface area contributed by atoms with Crippen LogP contribution >= 0.6 is 0 Å². The monoisotopic (exact) mass is 372 g/mol. The van der Waals surface area contributed by atoms with Crippen molar-refractivity contribution in [1.29, 1.82) is 0 Å². The summed E-state index contributed by atoms with van der Waals surface area (Å²) in [6.45, 7) is 8.33. The Morgan fingerprint density at radius 2 is 1.48 bits per heavy atom. The molecule has 0 radical (unpaired) electrons. The SMILES string of the molecule is CC(C)C1C2CC(CC(O)(C(F)(F)F)C(F)(F)F)C(C2)C2C1C2(C)C. The maximum absolute atomic E-state index is 13.1. The van der Waals surface area contributed by atoms with E-state index in [1.54, 1.807) is 0 Å². The average Bonchev–Trinajstić information content (AvgIpc) is 2.80. The molecule has 3 aliphatic carbocycles. The molecule has 25 heavy (non-hydrogen) atoms. The van der Waals surface area contributed by atoms with Gasteiger partial charge < -0.3 is 5.11 Å². The summed E-state index contributed by atoms with van der Waals surface area (Å²) in [4.78, 5) is 0. The lowest BCUT2D eigenvalue weighted by atomic mass is 9.73. The Labute approximate surface area is 144 Å². The summed E-state index contributed by atoms with van der Waals surface area (Å²) in [6, 6.07) is 0. The first-order valence-corrected chi connectivity index (χ1v) is 8.98. The van der Waals surface area contributed by atoms with Gasteiger partial charge in [-0.25, -0.2) is 0 Å². The van der Waals surface area contributed by atoms with Gasteiger partial charge in [-0.2, -0.15) is 26.3 Å². The van der Waals surface area contributed by atoms with Crippen molar-refractivity contribution in [3.05, 3.63) is 0 Å². The van der Waals surface area contributed by atoms with Crippen LogP contribution in [0.5, 0.6) is 0 Å². The molecule has 0 aromatic carbocycles. The highest BCUT2D eigenvalue weighted by molar-refractivity contribution is 5.18. The molecule has 0 saturated heterocycles. The fraction of sp³-hybridized carbons (Fsp3) is 1.00. The normalized spacial score (nSPS) is 40.3. The van der Waals surface area contributed by atoms with E-state index in [0.29, 0.717) is 30.6 Å². The van der Waals surface area contributed by atoms with Crippen molar-refractivity contribution in [2.45, 2.75) is 64.9 Å². The first kappa shape index (κ1) is 19.3. The van der Waals surface area contributed by atoms with Crippen molar-refractivity contribution < 1.29 is 31.4 Å². The zero-order valence-electron chi connectivity index (χ0n) is 14.9. The van der Waals surface area contributed by atoms with Crippen LogP contribution in [0, 0.1) is 46.8 Å². The Morgan fingerprint density at radius 1 is 0.960 bits per heavy atom. The lowest BCUT2D eigenvalue weighted by Gasteiger charge is -2.36. The molecule has 3 rings (SSSR count). The largest absolute Gasteiger partial charge is 0.426 e. The molecule has 0 aromatic heterocycles. The van der Waals surface area contributed by atoms with Gasteiger partial charge in [0.05, 0.1) is 0 Å². The van der Waals surface area contributed by atoms with Gasteiger partial charge in [0.15, 0.2) is 0 Å². The molecule has 0 spiro atoms. The minimum absolute atomic E-state index is 0.0262. The number of alkyl halides is 6. The van der Waals surface area contributed by atoms with Crippen LogP contribution in [-0.4, -0.2) is 23.1 Å². The molecule has 0 amide bonds. The molecule has 1 nitrogen and oxygen atoms in total. The summed E-state index contributed by atoms with van der Waals surface area (Å²) in [5.74, 6) is 0.575. The summed E-state index contributed by atoms with van der Waals surface area (Å²) >= 11 is 0. The van der Waals surface area contributed by atoms with E-state index in [0.717, 1.165) is 0 Å². The summed E-state index contributed by atoms with van der Waals surface area (Å²) in [6.07, 6.45) is -11.6. The molecule has 0 heterocycles. The third-order valence-electron chi connectivity index (χ3n) is 7.47. The molecule has 3 aliphatic rings. The first-order valence-electron chi connectivity index (χ1n) is 8.98. The van der Waals surface area contributed by atoms with Gasteiger partial charge in [-0.1, -0.05) is 27.7 Å². The van der Waals surface area contributed by atoms with E-state index >= 15 is 0 Å². The quantitative estimate of drug-likeness (QED) is 0.655. The first-order chi connectivity index (χ1) is 11.1. The molecule has 7 heteroatoms. The highest BCUT2D eigenvalue weighted by atomic mass is 19.4. The lowest BCUT2D eigenvalue weighted by molar-refractivity contribution is -0.373. The van der Waals surface area contributed by atoms with Crippen LogP contribution in [0.25, 0.3) is 0 Å². The van der Waals surface area contributed by atoms with Crippen molar-refractivity contribution in [3.8, 4) is 0 Å². The predicted molar refractivity (Wildman–Crippen MR) is 80.5 cm³/mol. The van der Waals surface area contributed by atoms with Gasteiger partial charge in [0.1, 0.15) is 0 Å². The number of hydrogen-bond acceptors (Lipinski definition) is 1. The Hall–Kier alpha value is -0.460. The van der Waals surface area contributed by atoms with E-state index in [-0.39, 0.29) is 23.2 Å². The lowest BCUT2D eigenvalue weighted by Crippen LogP contribution is -2.58. The molecule has 1 N–H and O–H groups in total. The molecule has 0 aromatic rings. The number of aliphatic hydroxyl groups is 1. The number of halogens is 6. The fourth-order valence-electron chi connectivity index (χ4n) is 6.49. The Kier molecular flexibility index (Phi) is 4.09. The molecule has 3 fully saturated rings. The van der Waals surface area contributed by atoms with Gasteiger partial charge >= 0.3 is 12.4 Å². The molecule has 0 aliphatic heterocycles. The van der Waals surface area contributed by atoms with Gasteiger partial charge in [-0.15, -0.1) is 0 Å². The second-order valence-corrected chi connectivity index (χ2v) is 9.41. The Morgan fingerprint density at radius 3 is 1.92 bits per heavy atom. The van der Waals surface area contributed by atoms with E-state index in [2.05, 4.69) is 27.7 Å². The van der Waals surface area contributed by atoms with Crippen LogP contribution < -0.4 is 0 Å². The highest BCUT2D eigenvalue weighted by Gasteiger charge is 2.74. The minimum Gasteiger partial charge on any atom is -0.374 e. The molecular formula is C18H26F6O. The number of fused-ring (bicyclic) bond motifs is 4. The van der Waals surface area contributed by atoms with Crippen molar-refractivity contribution in [2.75, 3.05) is 0 Å². The maximum Gasteiger partial charge on any atom is 0.426 e. The van der Waals surface area contributed by atoms with Crippen molar-refractivity contribution in [3.63, 3.8) is 0 Å². The van der Waals surface area contributed by atoms with Crippen molar-refractivity contribution >= 4 is 0 Å². The molecule has 6 unspecified atom stereocenters. The summed E-state index contributed by atoms with van der Waals surface area (Å²) in [5, 5.41) is 9.62. The van der Waals surface area contributed by atoms with Gasteiger partial charge in [0.2, 0.25) is 0 Å². The molecular weight excluding hydrogens is 346 g/mol. The van der Waals surface area contributed by atoms with Gasteiger partial charge in [0.25, 0.3) is 5.60 Å². The topological polar surface area (TPSA) is 20.2 Å². The molecule has 6 atom stereocenters. The molecule has 2 bridgehead atoms. The van der Waals surface area contributed by atoms with E-state index in [4.69, 9.17) is 0 Å². The van der Waals surface area contributed by atoms with E-state index in [1.165, 1.54) is 0 Å². The summed E-state index contributed by atoms with van der Waals surface area (Å²) < 4.78 is 78.6. The third-order valence-corrected chi connectivity index (χ3v) is 7.47. The maximum atomic E-state index is 13.1. The van der Waals surface area contributed by atoms with Crippen LogP contribution in [0.15, 0.2) is 0 Å². The predicted octanol–water partition coefficient (Wildman–Crippen LogP) is 5.43. The smallest absolute Gasteiger partial charge is 0.374 e. The van der Waals surface area contributed by atoms with Crippen LogP contribution in [0.1, 0.15) is 47.0 Å². The van der Waals surface area contributed by atoms with Crippen molar-refractivity contribution in [1.82, 2.24) is 0 Å². The molecule has 146 valence electrons. The standard InChI is InChI=1S/C18H26F6O/c1-8(2)12-9-5-10(11(6-9)13-14(12)15(13,3)4)7-16(25,17(19,20)21)18(22,23)24/h8-14,25H,5-7H2,1-4H3. The summed E-state index contributed by atoms with van der Waals surface area (Å²) in [5.41, 5.74) is -4.63. The average molecular weight is 372 g/mol. The van der Waals surface area contributed by atoms with E-state index in [9.17, 15) is 31.4 Å². The fourth-order valence-corrected chi connectivity index (χ4v) is 6.49. The zero-order valence-corrected chi connectivity index (χ0v) is 14.9.